The third-order valence-electron chi connectivity index (χ3n) is 3.06. The molecule has 2 rings (SSSR count). The molecule has 0 spiro atoms. The second kappa shape index (κ2) is 7.60. The Kier molecular flexibility index (Phi) is 5.79. The molecule has 1 unspecified atom stereocenters. The Labute approximate surface area is 118 Å². The van der Waals surface area contributed by atoms with Crippen LogP contribution in [0.25, 0.3) is 10.1 Å². The Balaban J connectivity index is 1.65. The van der Waals surface area contributed by atoms with Crippen molar-refractivity contribution in [2.45, 2.75) is 19.4 Å². The van der Waals surface area contributed by atoms with Crippen molar-refractivity contribution >= 4 is 21.4 Å². The molecule has 0 bridgehead atoms. The molecule has 0 amide bonds. The molecule has 1 aromatic heterocycles. The number of aliphatic hydroxyl groups excluding tert-OH is 1. The number of nitrogens with one attached hydrogen (secondary N) is 1. The summed E-state index contributed by atoms with van der Waals surface area (Å²) >= 11 is 1.78. The van der Waals surface area contributed by atoms with E-state index in [9.17, 15) is 0 Å². The molecule has 1 heterocycles. The van der Waals surface area contributed by atoms with Crippen LogP contribution in [-0.2, 0) is 11.2 Å². The van der Waals surface area contributed by atoms with Crippen LogP contribution in [0.15, 0.2) is 29.6 Å². The summed E-state index contributed by atoms with van der Waals surface area (Å²) in [5.41, 5.74) is 1.32. The molecule has 0 fully saturated rings. The first-order chi connectivity index (χ1) is 9.29. The zero-order chi connectivity index (χ0) is 13.5. The Morgan fingerprint density at radius 2 is 2.21 bits per heavy atom. The Hall–Kier alpha value is -0.940. The molecule has 2 aromatic rings. The zero-order valence-electron chi connectivity index (χ0n) is 11.3. The zero-order valence-corrected chi connectivity index (χ0v) is 12.1. The van der Waals surface area contributed by atoms with Crippen LogP contribution < -0.4 is 5.32 Å². The molecule has 19 heavy (non-hydrogen) atoms. The van der Waals surface area contributed by atoms with E-state index < -0.39 is 0 Å². The van der Waals surface area contributed by atoms with Crippen molar-refractivity contribution in [2.75, 3.05) is 26.4 Å². The van der Waals surface area contributed by atoms with Crippen molar-refractivity contribution in [1.82, 2.24) is 5.32 Å². The van der Waals surface area contributed by atoms with Crippen LogP contribution in [0.3, 0.4) is 0 Å². The first kappa shape index (κ1) is 14.5. The predicted octanol–water partition coefficient (Wildman–Crippen LogP) is 2.43. The van der Waals surface area contributed by atoms with Gasteiger partial charge in [-0.3, -0.25) is 0 Å². The normalized spacial score (nSPS) is 12.9. The third kappa shape index (κ3) is 4.58. The van der Waals surface area contributed by atoms with Gasteiger partial charge in [-0.05, 0) is 41.8 Å². The average molecular weight is 279 g/mol. The first-order valence-corrected chi connectivity index (χ1v) is 7.55. The van der Waals surface area contributed by atoms with E-state index in [1.165, 1.54) is 15.6 Å². The van der Waals surface area contributed by atoms with Gasteiger partial charge in [0.1, 0.15) is 0 Å². The molecule has 0 aliphatic heterocycles. The van der Waals surface area contributed by atoms with Gasteiger partial charge >= 0.3 is 0 Å². The van der Waals surface area contributed by atoms with E-state index >= 15 is 0 Å². The smallest absolute Gasteiger partial charge is 0.0591 e. The summed E-state index contributed by atoms with van der Waals surface area (Å²) in [4.78, 5) is 0. The highest BCUT2D eigenvalue weighted by Gasteiger charge is 1.99. The van der Waals surface area contributed by atoms with E-state index in [0.717, 1.165) is 19.6 Å². The lowest BCUT2D eigenvalue weighted by Gasteiger charge is -2.10. The van der Waals surface area contributed by atoms with Crippen molar-refractivity contribution in [2.24, 2.45) is 0 Å². The lowest BCUT2D eigenvalue weighted by molar-refractivity contribution is 0.133. The maximum absolute atomic E-state index is 8.85. The summed E-state index contributed by atoms with van der Waals surface area (Å²) in [6.45, 7) is 4.33. The van der Waals surface area contributed by atoms with Gasteiger partial charge in [-0.15, -0.1) is 11.3 Å². The molecule has 2 N–H and O–H groups in total. The first-order valence-electron chi connectivity index (χ1n) is 6.67. The van der Waals surface area contributed by atoms with Gasteiger partial charge in [0.05, 0.1) is 19.8 Å². The fourth-order valence-corrected chi connectivity index (χ4v) is 2.68. The topological polar surface area (TPSA) is 41.5 Å². The minimum Gasteiger partial charge on any atom is -0.395 e. The SMILES string of the molecule is CC(CO)NCCOCCc1ccc2sccc2c1. The van der Waals surface area contributed by atoms with E-state index in [4.69, 9.17) is 9.84 Å². The summed E-state index contributed by atoms with van der Waals surface area (Å²) in [7, 11) is 0. The summed E-state index contributed by atoms with van der Waals surface area (Å²) in [5, 5.41) is 15.5. The molecule has 0 aliphatic carbocycles. The van der Waals surface area contributed by atoms with Crippen molar-refractivity contribution in [3.63, 3.8) is 0 Å². The number of hydrogen-bond donors (Lipinski definition) is 2. The average Bonchev–Trinajstić information content (AvgIpc) is 2.89. The highest BCUT2D eigenvalue weighted by Crippen LogP contribution is 2.21. The molecule has 3 nitrogen and oxygen atoms in total. The number of fused-ring (bicyclic) bond motifs is 1. The van der Waals surface area contributed by atoms with Gasteiger partial charge < -0.3 is 15.2 Å². The Morgan fingerprint density at radius 1 is 1.32 bits per heavy atom. The number of hydrogen-bond acceptors (Lipinski definition) is 4. The second-order valence-electron chi connectivity index (χ2n) is 4.69. The number of benzene rings is 1. The van der Waals surface area contributed by atoms with Crippen LogP contribution in [0, 0.1) is 0 Å². The minimum absolute atomic E-state index is 0.143. The summed E-state index contributed by atoms with van der Waals surface area (Å²) in [5.74, 6) is 0. The summed E-state index contributed by atoms with van der Waals surface area (Å²) in [6, 6.07) is 8.89. The maximum atomic E-state index is 8.85. The molecule has 4 heteroatoms. The van der Waals surface area contributed by atoms with Crippen LogP contribution in [0.1, 0.15) is 12.5 Å². The van der Waals surface area contributed by atoms with E-state index in [2.05, 4.69) is 35.0 Å². The van der Waals surface area contributed by atoms with Gasteiger partial charge in [-0.25, -0.2) is 0 Å². The van der Waals surface area contributed by atoms with Crippen LogP contribution in [-0.4, -0.2) is 37.5 Å². The minimum atomic E-state index is 0.143. The molecule has 0 aliphatic rings. The van der Waals surface area contributed by atoms with Crippen molar-refractivity contribution < 1.29 is 9.84 Å². The van der Waals surface area contributed by atoms with Crippen molar-refractivity contribution in [3.8, 4) is 0 Å². The van der Waals surface area contributed by atoms with Gasteiger partial charge in [-0.1, -0.05) is 12.1 Å². The van der Waals surface area contributed by atoms with Gasteiger partial charge in [-0.2, -0.15) is 0 Å². The standard InChI is InChI=1S/C15H21NO2S/c1-12(11-17)16-6-8-18-7-4-13-2-3-15-14(10-13)5-9-19-15/h2-3,5,9-10,12,16-17H,4,6-8,11H2,1H3. The Bertz CT molecular complexity index is 498. The quantitative estimate of drug-likeness (QED) is 0.729. The molecule has 0 radical (unpaired) electrons. The highest BCUT2D eigenvalue weighted by molar-refractivity contribution is 7.17. The number of aliphatic hydroxyl groups is 1. The van der Waals surface area contributed by atoms with Crippen molar-refractivity contribution in [1.29, 1.82) is 0 Å². The fraction of sp³-hybridized carbons (Fsp3) is 0.467. The molecule has 1 atom stereocenters. The monoisotopic (exact) mass is 279 g/mol. The van der Waals surface area contributed by atoms with E-state index in [-0.39, 0.29) is 12.6 Å². The van der Waals surface area contributed by atoms with Crippen molar-refractivity contribution in [3.05, 3.63) is 35.2 Å². The maximum Gasteiger partial charge on any atom is 0.0591 e. The van der Waals surface area contributed by atoms with Crippen LogP contribution in [0.2, 0.25) is 0 Å². The van der Waals surface area contributed by atoms with Gasteiger partial charge in [0.15, 0.2) is 0 Å². The van der Waals surface area contributed by atoms with Gasteiger partial charge in [0, 0.05) is 17.3 Å². The van der Waals surface area contributed by atoms with Crippen LogP contribution in [0.5, 0.6) is 0 Å². The summed E-state index contributed by atoms with van der Waals surface area (Å²) in [6.07, 6.45) is 0.946. The summed E-state index contributed by atoms with van der Waals surface area (Å²) < 4.78 is 6.92. The van der Waals surface area contributed by atoms with E-state index in [1.54, 1.807) is 11.3 Å². The Morgan fingerprint density at radius 3 is 3.05 bits per heavy atom. The lowest BCUT2D eigenvalue weighted by Crippen LogP contribution is -2.32. The van der Waals surface area contributed by atoms with Gasteiger partial charge in [0.2, 0.25) is 0 Å². The third-order valence-corrected chi connectivity index (χ3v) is 3.96. The van der Waals surface area contributed by atoms with Gasteiger partial charge in [0.25, 0.3) is 0 Å². The molecule has 0 saturated heterocycles. The fourth-order valence-electron chi connectivity index (χ4n) is 1.91. The second-order valence-corrected chi connectivity index (χ2v) is 5.64. The number of ether oxygens (including phenoxy) is 1. The number of rotatable bonds is 8. The van der Waals surface area contributed by atoms with Crippen LogP contribution in [0.4, 0.5) is 0 Å². The molecular formula is C15H21NO2S. The molecular weight excluding hydrogens is 258 g/mol. The largest absolute Gasteiger partial charge is 0.395 e. The lowest BCUT2D eigenvalue weighted by atomic mass is 10.1. The molecule has 104 valence electrons. The molecule has 0 saturated carbocycles. The van der Waals surface area contributed by atoms with E-state index in [1.807, 2.05) is 6.92 Å². The number of thiophene rings is 1. The van der Waals surface area contributed by atoms with E-state index in [0.29, 0.717) is 6.61 Å². The van der Waals surface area contributed by atoms with Crippen LogP contribution >= 0.6 is 11.3 Å². The highest BCUT2D eigenvalue weighted by atomic mass is 32.1. The predicted molar refractivity (Wildman–Crippen MR) is 80.9 cm³/mol. The molecule has 1 aromatic carbocycles.